The van der Waals surface area contributed by atoms with E-state index in [0.29, 0.717) is 44.2 Å². The number of carboxylic acid groups (broad SMARTS) is 1. The first kappa shape index (κ1) is 22.3. The van der Waals surface area contributed by atoms with Gasteiger partial charge in [0.15, 0.2) is 0 Å². The molecule has 170 valence electrons. The van der Waals surface area contributed by atoms with Gasteiger partial charge in [0.2, 0.25) is 5.82 Å². The number of aliphatic carboxylic acids is 1. The first-order chi connectivity index (χ1) is 15.8. The van der Waals surface area contributed by atoms with E-state index < -0.39 is 5.97 Å². The zero-order valence-corrected chi connectivity index (χ0v) is 18.6. The molecule has 4 aromatic rings. The Labute approximate surface area is 193 Å². The van der Waals surface area contributed by atoms with Gasteiger partial charge in [0.25, 0.3) is 11.8 Å². The number of carbonyl (C=O) groups is 2. The summed E-state index contributed by atoms with van der Waals surface area (Å²) in [5.41, 5.74) is 2.35. The van der Waals surface area contributed by atoms with Crippen molar-refractivity contribution in [3.8, 4) is 28.6 Å². The molecule has 3 N–H and O–H groups in total. The van der Waals surface area contributed by atoms with Gasteiger partial charge in [-0.15, -0.1) is 0 Å². The number of aromatic nitrogens is 3. The third-order valence-electron chi connectivity index (χ3n) is 4.79. The molecule has 10 heteroatoms. The van der Waals surface area contributed by atoms with Crippen LogP contribution >= 0.6 is 11.6 Å². The molecule has 0 unspecified atom stereocenters. The van der Waals surface area contributed by atoms with E-state index in [1.165, 1.54) is 0 Å². The van der Waals surface area contributed by atoms with Crippen molar-refractivity contribution in [3.05, 3.63) is 53.2 Å². The molecule has 0 bridgehead atoms. The number of carboxylic acids is 1. The number of hydrogen-bond donors (Lipinski definition) is 3. The van der Waals surface area contributed by atoms with Gasteiger partial charge in [0, 0.05) is 29.3 Å². The predicted molar refractivity (Wildman–Crippen MR) is 122 cm³/mol. The summed E-state index contributed by atoms with van der Waals surface area (Å²) in [4.78, 5) is 30.7. The first-order valence-electron chi connectivity index (χ1n) is 10.2. The number of para-hydroxylation sites is 1. The van der Waals surface area contributed by atoms with Crippen LogP contribution in [0.25, 0.3) is 33.7 Å². The number of nitrogens with one attached hydrogen (secondary N) is 2. The Morgan fingerprint density at radius 2 is 2.09 bits per heavy atom. The molecular formula is C23H21ClN4O5. The molecule has 0 saturated heterocycles. The van der Waals surface area contributed by atoms with Crippen LogP contribution in [0.4, 0.5) is 0 Å². The third-order valence-corrected chi connectivity index (χ3v) is 5.09. The highest BCUT2D eigenvalue weighted by Gasteiger charge is 2.18. The topological polar surface area (TPSA) is 130 Å². The molecule has 0 aliphatic heterocycles. The summed E-state index contributed by atoms with van der Waals surface area (Å²) >= 11 is 6.32. The van der Waals surface area contributed by atoms with Crippen LogP contribution in [0.2, 0.25) is 5.02 Å². The van der Waals surface area contributed by atoms with Crippen molar-refractivity contribution in [1.29, 1.82) is 0 Å². The molecule has 33 heavy (non-hydrogen) atoms. The van der Waals surface area contributed by atoms with Crippen molar-refractivity contribution in [1.82, 2.24) is 20.4 Å². The highest BCUT2D eigenvalue weighted by atomic mass is 35.5. The lowest BCUT2D eigenvalue weighted by Gasteiger charge is -2.11. The van der Waals surface area contributed by atoms with Crippen molar-refractivity contribution in [2.45, 2.75) is 26.4 Å². The van der Waals surface area contributed by atoms with Crippen LogP contribution in [-0.4, -0.2) is 44.8 Å². The van der Waals surface area contributed by atoms with E-state index >= 15 is 0 Å². The zero-order chi connectivity index (χ0) is 23.5. The lowest BCUT2D eigenvalue weighted by Crippen LogP contribution is -2.25. The first-order valence-corrected chi connectivity index (χ1v) is 10.6. The number of aromatic amines is 1. The lowest BCUT2D eigenvalue weighted by atomic mass is 10.1. The molecule has 9 nitrogen and oxygen atoms in total. The summed E-state index contributed by atoms with van der Waals surface area (Å²) < 4.78 is 11.1. The number of ether oxygens (including phenoxy) is 1. The fourth-order valence-corrected chi connectivity index (χ4v) is 3.57. The van der Waals surface area contributed by atoms with Crippen molar-refractivity contribution < 1.29 is 24.0 Å². The number of hydrogen-bond acceptors (Lipinski definition) is 6. The highest BCUT2D eigenvalue weighted by molar-refractivity contribution is 6.32. The fraction of sp³-hybridized carbons (Fsp3) is 0.217. The Morgan fingerprint density at radius 3 is 2.82 bits per heavy atom. The Morgan fingerprint density at radius 1 is 1.27 bits per heavy atom. The second-order valence-corrected chi connectivity index (χ2v) is 7.97. The smallest absolute Gasteiger partial charge is 0.305 e. The summed E-state index contributed by atoms with van der Waals surface area (Å²) in [5, 5.41) is 16.5. The highest BCUT2D eigenvalue weighted by Crippen LogP contribution is 2.33. The van der Waals surface area contributed by atoms with Gasteiger partial charge >= 0.3 is 5.97 Å². The molecule has 2 aromatic heterocycles. The van der Waals surface area contributed by atoms with E-state index in [-0.39, 0.29) is 30.9 Å². The van der Waals surface area contributed by atoms with Crippen LogP contribution in [0, 0.1) is 0 Å². The summed E-state index contributed by atoms with van der Waals surface area (Å²) in [6, 6.07) is 10.6. The average Bonchev–Trinajstić information content (AvgIpc) is 3.42. The van der Waals surface area contributed by atoms with Gasteiger partial charge in [-0.05, 0) is 38.1 Å². The predicted octanol–water partition coefficient (Wildman–Crippen LogP) is 4.53. The summed E-state index contributed by atoms with van der Waals surface area (Å²) in [7, 11) is 0. The number of H-pyrrole nitrogens is 1. The SMILES string of the molecule is CC(C)Oc1ccc(-c2nc(-c3cccc4c(C(=O)NCCC(=O)O)c[nH]c34)no2)cc1Cl. The molecule has 2 heterocycles. The summed E-state index contributed by atoms with van der Waals surface area (Å²) in [6.07, 6.45) is 1.41. The van der Waals surface area contributed by atoms with Crippen molar-refractivity contribution >= 4 is 34.4 Å². The second kappa shape index (κ2) is 9.33. The van der Waals surface area contributed by atoms with E-state index in [0.717, 1.165) is 0 Å². The molecule has 4 rings (SSSR count). The summed E-state index contributed by atoms with van der Waals surface area (Å²) in [6.45, 7) is 3.87. The standard InChI is InChI=1S/C23H21ClN4O5/c1-12(2)32-18-7-6-13(10-17(18)24)23-27-21(28-33-23)15-5-3-4-14-16(11-26-20(14)15)22(31)25-9-8-19(29)30/h3-7,10-12,26H,8-9H2,1-2H3,(H,25,31)(H,29,30). The number of nitrogens with zero attached hydrogens (tertiary/aromatic N) is 2. The number of fused-ring (bicyclic) bond motifs is 1. The van der Waals surface area contributed by atoms with Gasteiger partial charge in [-0.1, -0.05) is 28.9 Å². The number of rotatable bonds is 8. The maximum atomic E-state index is 12.5. The average molecular weight is 469 g/mol. The number of amides is 1. The van der Waals surface area contributed by atoms with E-state index in [1.807, 2.05) is 19.9 Å². The minimum Gasteiger partial charge on any atom is -0.489 e. The van der Waals surface area contributed by atoms with Gasteiger partial charge in [-0.25, -0.2) is 0 Å². The molecule has 0 radical (unpaired) electrons. The van der Waals surface area contributed by atoms with E-state index in [1.54, 1.807) is 36.5 Å². The molecule has 0 saturated carbocycles. The van der Waals surface area contributed by atoms with E-state index in [4.69, 9.17) is 26.0 Å². The monoisotopic (exact) mass is 468 g/mol. The van der Waals surface area contributed by atoms with E-state index in [2.05, 4.69) is 20.4 Å². The van der Waals surface area contributed by atoms with Crippen LogP contribution < -0.4 is 10.1 Å². The zero-order valence-electron chi connectivity index (χ0n) is 17.9. The second-order valence-electron chi connectivity index (χ2n) is 7.57. The fourth-order valence-electron chi connectivity index (χ4n) is 3.34. The molecular weight excluding hydrogens is 448 g/mol. The van der Waals surface area contributed by atoms with Crippen LogP contribution in [0.5, 0.6) is 5.75 Å². The molecule has 0 spiro atoms. The number of carbonyl (C=O) groups excluding carboxylic acids is 1. The van der Waals surface area contributed by atoms with Crippen molar-refractivity contribution in [3.63, 3.8) is 0 Å². The molecule has 2 aromatic carbocycles. The van der Waals surface area contributed by atoms with E-state index in [9.17, 15) is 9.59 Å². The van der Waals surface area contributed by atoms with Gasteiger partial charge in [0.1, 0.15) is 5.75 Å². The third kappa shape index (κ3) is 4.83. The van der Waals surface area contributed by atoms with Crippen LogP contribution in [0.1, 0.15) is 30.6 Å². The quantitative estimate of drug-likeness (QED) is 0.346. The Balaban J connectivity index is 1.61. The van der Waals surface area contributed by atoms with Gasteiger partial charge in [-0.3, -0.25) is 9.59 Å². The minimum absolute atomic E-state index is 0.00576. The molecule has 1 amide bonds. The largest absolute Gasteiger partial charge is 0.489 e. The van der Waals surface area contributed by atoms with Crippen molar-refractivity contribution in [2.75, 3.05) is 6.54 Å². The maximum Gasteiger partial charge on any atom is 0.305 e. The normalized spacial score (nSPS) is 11.2. The number of benzene rings is 2. The number of halogens is 1. The Hall–Kier alpha value is -3.85. The van der Waals surface area contributed by atoms with Gasteiger partial charge < -0.3 is 24.7 Å². The molecule has 0 atom stereocenters. The Kier molecular flexibility index (Phi) is 6.32. The summed E-state index contributed by atoms with van der Waals surface area (Å²) in [5.74, 6) is -0.146. The minimum atomic E-state index is -0.979. The molecule has 0 aliphatic carbocycles. The van der Waals surface area contributed by atoms with Crippen molar-refractivity contribution in [2.24, 2.45) is 0 Å². The maximum absolute atomic E-state index is 12.5. The van der Waals surface area contributed by atoms with Gasteiger partial charge in [-0.2, -0.15) is 4.98 Å². The van der Waals surface area contributed by atoms with Gasteiger partial charge in [0.05, 0.1) is 28.6 Å². The van der Waals surface area contributed by atoms with Crippen LogP contribution in [0.3, 0.4) is 0 Å². The van der Waals surface area contributed by atoms with Crippen LogP contribution in [0.15, 0.2) is 47.1 Å². The Bertz CT molecular complexity index is 1330. The lowest BCUT2D eigenvalue weighted by molar-refractivity contribution is -0.136. The molecule has 0 aliphatic rings. The van der Waals surface area contributed by atoms with Crippen LogP contribution in [-0.2, 0) is 4.79 Å². The molecule has 0 fully saturated rings.